The van der Waals surface area contributed by atoms with Gasteiger partial charge in [-0.3, -0.25) is 14.9 Å². The molecule has 2 rings (SSSR count). The Labute approximate surface area is 162 Å². The molecule has 0 bridgehead atoms. The van der Waals surface area contributed by atoms with Gasteiger partial charge in [0.2, 0.25) is 0 Å². The van der Waals surface area contributed by atoms with Gasteiger partial charge in [0.15, 0.2) is 6.10 Å². The number of aliphatic hydroxyl groups excluding tert-OH is 1. The van der Waals surface area contributed by atoms with Crippen LogP contribution in [0.3, 0.4) is 0 Å². The second kappa shape index (κ2) is 8.69. The normalized spacial score (nSPS) is 12.2. The van der Waals surface area contributed by atoms with Gasteiger partial charge >= 0.3 is 12.1 Å². The van der Waals surface area contributed by atoms with Gasteiger partial charge in [-0.15, -0.1) is 0 Å². The Morgan fingerprint density at radius 3 is 2.34 bits per heavy atom. The number of nitro groups is 1. The van der Waals surface area contributed by atoms with Gasteiger partial charge in [-0.25, -0.2) is 4.79 Å². The number of benzene rings is 2. The molecule has 0 aliphatic rings. The molecule has 0 saturated carbocycles. The Morgan fingerprint density at radius 2 is 1.83 bits per heavy atom. The molecule has 0 aliphatic carbocycles. The molecule has 11 heteroatoms. The number of nitro benzene ring substituents is 1. The average Bonchev–Trinajstić information content (AvgIpc) is 2.67. The highest BCUT2D eigenvalue weighted by atomic mass is 19.4. The van der Waals surface area contributed by atoms with E-state index in [0.29, 0.717) is 11.6 Å². The molecule has 2 aromatic carbocycles. The first-order chi connectivity index (χ1) is 13.5. The topological polar surface area (TPSA) is 119 Å². The molecule has 29 heavy (non-hydrogen) atoms. The summed E-state index contributed by atoms with van der Waals surface area (Å²) in [5.41, 5.74) is -2.28. The van der Waals surface area contributed by atoms with E-state index in [1.54, 1.807) is 0 Å². The summed E-state index contributed by atoms with van der Waals surface area (Å²) in [5, 5.41) is 21.6. The first-order valence-corrected chi connectivity index (χ1v) is 8.10. The van der Waals surface area contributed by atoms with Crippen LogP contribution < -0.4 is 5.32 Å². The second-order valence-corrected chi connectivity index (χ2v) is 5.88. The number of carbonyl (C=O) groups is 2. The van der Waals surface area contributed by atoms with E-state index in [2.05, 4.69) is 0 Å². The highest BCUT2D eigenvalue weighted by Gasteiger charge is 2.36. The smallest absolute Gasteiger partial charge is 0.418 e. The summed E-state index contributed by atoms with van der Waals surface area (Å²) in [4.78, 5) is 33.9. The predicted molar refractivity (Wildman–Crippen MR) is 94.0 cm³/mol. The fourth-order valence-corrected chi connectivity index (χ4v) is 2.25. The third-order valence-electron chi connectivity index (χ3n) is 3.80. The summed E-state index contributed by atoms with van der Waals surface area (Å²) < 4.78 is 44.4. The Hall–Kier alpha value is -3.47. The van der Waals surface area contributed by atoms with Crippen molar-refractivity contribution < 1.29 is 37.5 Å². The molecule has 1 amide bonds. The SMILES string of the molecule is C[C@H](OC(=O)c1ccc(CO)cc1)C(=O)Nc1ccc([N+](=O)[O-])cc1C(F)(F)F. The monoisotopic (exact) mass is 412 g/mol. The third kappa shape index (κ3) is 5.51. The van der Waals surface area contributed by atoms with E-state index in [1.807, 2.05) is 5.32 Å². The second-order valence-electron chi connectivity index (χ2n) is 5.88. The number of amides is 1. The number of non-ortho nitro benzene ring substituents is 1. The van der Waals surface area contributed by atoms with Crippen molar-refractivity contribution in [2.45, 2.75) is 25.8 Å². The molecule has 154 valence electrons. The lowest BCUT2D eigenvalue weighted by atomic mass is 10.1. The van der Waals surface area contributed by atoms with Crippen molar-refractivity contribution in [2.75, 3.05) is 5.32 Å². The van der Waals surface area contributed by atoms with Gasteiger partial charge in [0.1, 0.15) is 0 Å². The quantitative estimate of drug-likeness (QED) is 0.427. The fourth-order valence-electron chi connectivity index (χ4n) is 2.25. The van der Waals surface area contributed by atoms with Crippen LogP contribution in [0.4, 0.5) is 24.5 Å². The van der Waals surface area contributed by atoms with Crippen molar-refractivity contribution in [1.82, 2.24) is 0 Å². The van der Waals surface area contributed by atoms with Gasteiger partial charge in [-0.05, 0) is 30.7 Å². The van der Waals surface area contributed by atoms with Gasteiger partial charge in [0, 0.05) is 12.1 Å². The molecule has 0 saturated heterocycles. The highest BCUT2D eigenvalue weighted by molar-refractivity contribution is 5.98. The maximum atomic E-state index is 13.2. The molecule has 0 fully saturated rings. The molecule has 0 aromatic heterocycles. The zero-order valence-corrected chi connectivity index (χ0v) is 14.9. The van der Waals surface area contributed by atoms with Crippen LogP contribution in [0.25, 0.3) is 0 Å². The van der Waals surface area contributed by atoms with Crippen molar-refractivity contribution in [2.24, 2.45) is 0 Å². The number of esters is 1. The third-order valence-corrected chi connectivity index (χ3v) is 3.80. The maximum Gasteiger partial charge on any atom is 0.418 e. The number of halogens is 3. The molecular formula is C18H15F3N2O6. The van der Waals surface area contributed by atoms with E-state index in [4.69, 9.17) is 9.84 Å². The van der Waals surface area contributed by atoms with E-state index in [0.717, 1.165) is 19.1 Å². The molecule has 0 spiro atoms. The van der Waals surface area contributed by atoms with Crippen LogP contribution in [-0.2, 0) is 22.3 Å². The maximum absolute atomic E-state index is 13.2. The number of nitrogens with zero attached hydrogens (tertiary/aromatic N) is 1. The first kappa shape index (κ1) is 21.8. The van der Waals surface area contributed by atoms with Gasteiger partial charge < -0.3 is 15.2 Å². The van der Waals surface area contributed by atoms with Gasteiger partial charge in [0.05, 0.1) is 28.3 Å². The predicted octanol–water partition coefficient (Wildman–Crippen LogP) is 3.29. The Bertz CT molecular complexity index is 928. The molecular weight excluding hydrogens is 397 g/mol. The van der Waals surface area contributed by atoms with Crippen molar-refractivity contribution in [3.05, 3.63) is 69.3 Å². The summed E-state index contributed by atoms with van der Waals surface area (Å²) >= 11 is 0. The Kier molecular flexibility index (Phi) is 6.54. The Morgan fingerprint density at radius 1 is 1.21 bits per heavy atom. The molecule has 0 heterocycles. The molecule has 8 nitrogen and oxygen atoms in total. The van der Waals surface area contributed by atoms with Gasteiger partial charge in [-0.2, -0.15) is 13.2 Å². The summed E-state index contributed by atoms with van der Waals surface area (Å²) in [7, 11) is 0. The number of rotatable bonds is 6. The lowest BCUT2D eigenvalue weighted by Crippen LogP contribution is -2.30. The van der Waals surface area contributed by atoms with E-state index in [-0.39, 0.29) is 12.2 Å². The first-order valence-electron chi connectivity index (χ1n) is 8.10. The number of anilines is 1. The standard InChI is InChI=1S/C18H15F3N2O6/c1-10(29-17(26)12-4-2-11(9-24)3-5-12)16(25)22-15-7-6-13(23(27)28)8-14(15)18(19,20)21/h2-8,10,24H,9H2,1H3,(H,22,25)/t10-/m0/s1. The number of hydrogen-bond donors (Lipinski definition) is 2. The lowest BCUT2D eigenvalue weighted by Gasteiger charge is -2.17. The number of ether oxygens (including phenoxy) is 1. The zero-order valence-electron chi connectivity index (χ0n) is 14.9. The summed E-state index contributed by atoms with van der Waals surface area (Å²) in [5.74, 6) is -1.94. The van der Waals surface area contributed by atoms with Gasteiger partial charge in [0.25, 0.3) is 11.6 Å². The molecule has 2 N–H and O–H groups in total. The minimum Gasteiger partial charge on any atom is -0.449 e. The van der Waals surface area contributed by atoms with Crippen molar-refractivity contribution in [1.29, 1.82) is 0 Å². The van der Waals surface area contributed by atoms with E-state index in [9.17, 15) is 32.9 Å². The largest absolute Gasteiger partial charge is 0.449 e. The van der Waals surface area contributed by atoms with Crippen molar-refractivity contribution in [3.8, 4) is 0 Å². The van der Waals surface area contributed by atoms with Crippen molar-refractivity contribution in [3.63, 3.8) is 0 Å². The van der Waals surface area contributed by atoms with E-state index >= 15 is 0 Å². The molecule has 1 atom stereocenters. The Balaban J connectivity index is 2.14. The van der Waals surface area contributed by atoms with Crippen LogP contribution in [0, 0.1) is 10.1 Å². The lowest BCUT2D eigenvalue weighted by molar-refractivity contribution is -0.385. The number of nitrogens with one attached hydrogen (secondary N) is 1. The summed E-state index contributed by atoms with van der Waals surface area (Å²) in [6, 6.07) is 7.51. The van der Waals surface area contributed by atoms with Crippen LogP contribution in [0.1, 0.15) is 28.4 Å². The number of alkyl halides is 3. The molecule has 0 radical (unpaired) electrons. The average molecular weight is 412 g/mol. The number of hydrogen-bond acceptors (Lipinski definition) is 6. The van der Waals surface area contributed by atoms with Crippen LogP contribution in [0.15, 0.2) is 42.5 Å². The molecule has 0 unspecified atom stereocenters. The van der Waals surface area contributed by atoms with Crippen LogP contribution in [0.2, 0.25) is 0 Å². The van der Waals surface area contributed by atoms with Crippen LogP contribution >= 0.6 is 0 Å². The van der Waals surface area contributed by atoms with Crippen LogP contribution in [-0.4, -0.2) is 28.0 Å². The summed E-state index contributed by atoms with van der Waals surface area (Å²) in [6.45, 7) is 0.929. The number of carbonyl (C=O) groups excluding carboxylic acids is 2. The molecule has 2 aromatic rings. The highest BCUT2D eigenvalue weighted by Crippen LogP contribution is 2.37. The minimum atomic E-state index is -4.96. The van der Waals surface area contributed by atoms with E-state index in [1.165, 1.54) is 24.3 Å². The zero-order chi connectivity index (χ0) is 21.8. The van der Waals surface area contributed by atoms with Crippen LogP contribution in [0.5, 0.6) is 0 Å². The number of aliphatic hydroxyl groups is 1. The minimum absolute atomic E-state index is 0.0770. The fraction of sp³-hybridized carbons (Fsp3) is 0.222. The van der Waals surface area contributed by atoms with E-state index < -0.39 is 46.0 Å². The van der Waals surface area contributed by atoms with Crippen molar-refractivity contribution >= 4 is 23.3 Å². The summed E-state index contributed by atoms with van der Waals surface area (Å²) in [6.07, 6.45) is -6.40. The molecule has 0 aliphatic heterocycles. The van der Waals surface area contributed by atoms with Gasteiger partial charge in [-0.1, -0.05) is 12.1 Å².